The van der Waals surface area contributed by atoms with Crippen molar-refractivity contribution >= 4 is 11.7 Å². The zero-order chi connectivity index (χ0) is 20.5. The largest absolute Gasteiger partial charge is 0.324 e. The van der Waals surface area contributed by atoms with Crippen LogP contribution in [0.15, 0.2) is 67.3 Å². The van der Waals surface area contributed by atoms with Gasteiger partial charge in [0.15, 0.2) is 0 Å². The second-order valence-electron chi connectivity index (χ2n) is 7.49. The molecule has 2 amide bonds. The van der Waals surface area contributed by atoms with E-state index >= 15 is 0 Å². The van der Waals surface area contributed by atoms with E-state index in [2.05, 4.69) is 51.6 Å². The number of aromatic amines is 2. The molecule has 1 fully saturated rings. The predicted molar refractivity (Wildman–Crippen MR) is 116 cm³/mol. The Hall–Kier alpha value is -3.87. The number of carbonyl (C=O) groups is 1. The van der Waals surface area contributed by atoms with Gasteiger partial charge in [0, 0.05) is 48.8 Å². The van der Waals surface area contributed by atoms with Crippen LogP contribution in [0.3, 0.4) is 0 Å². The molecule has 0 aliphatic carbocycles. The maximum atomic E-state index is 13.2. The summed E-state index contributed by atoms with van der Waals surface area (Å²) in [5.41, 5.74) is 7.44. The Balaban J connectivity index is 1.36. The highest BCUT2D eigenvalue weighted by Gasteiger charge is 2.30. The van der Waals surface area contributed by atoms with Crippen molar-refractivity contribution in [3.8, 4) is 22.3 Å². The quantitative estimate of drug-likeness (QED) is 0.528. The van der Waals surface area contributed by atoms with Crippen molar-refractivity contribution in [2.24, 2.45) is 0 Å². The SMILES string of the molecule is Cc1cc(N2CCN(Cc3ccccc3-c3cn[nH]c3)C2=O)ccc1-c1cn[nH]c1. The number of benzene rings is 2. The third-order valence-corrected chi connectivity index (χ3v) is 5.61. The Kier molecular flexibility index (Phi) is 4.55. The van der Waals surface area contributed by atoms with E-state index in [4.69, 9.17) is 0 Å². The molecule has 0 unspecified atom stereocenters. The highest BCUT2D eigenvalue weighted by atomic mass is 16.2. The summed E-state index contributed by atoms with van der Waals surface area (Å²) >= 11 is 0. The maximum absolute atomic E-state index is 13.2. The number of urea groups is 1. The van der Waals surface area contributed by atoms with Crippen molar-refractivity contribution in [3.63, 3.8) is 0 Å². The molecule has 0 radical (unpaired) electrons. The van der Waals surface area contributed by atoms with Crippen molar-refractivity contribution in [2.75, 3.05) is 18.0 Å². The van der Waals surface area contributed by atoms with Crippen molar-refractivity contribution in [1.29, 1.82) is 0 Å². The first-order chi connectivity index (χ1) is 14.7. The van der Waals surface area contributed by atoms with E-state index in [1.54, 1.807) is 6.20 Å². The lowest BCUT2D eigenvalue weighted by atomic mass is 10.0. The van der Waals surface area contributed by atoms with Gasteiger partial charge in [-0.05, 0) is 41.3 Å². The van der Waals surface area contributed by atoms with E-state index < -0.39 is 0 Å². The van der Waals surface area contributed by atoms with Gasteiger partial charge in [-0.3, -0.25) is 15.1 Å². The second-order valence-corrected chi connectivity index (χ2v) is 7.49. The van der Waals surface area contributed by atoms with Gasteiger partial charge in [0.25, 0.3) is 0 Å². The molecule has 0 bridgehead atoms. The Morgan fingerprint density at radius 2 is 1.67 bits per heavy atom. The molecule has 7 heteroatoms. The van der Waals surface area contributed by atoms with E-state index in [1.165, 1.54) is 0 Å². The second kappa shape index (κ2) is 7.51. The van der Waals surface area contributed by atoms with Crippen LogP contribution in [0.2, 0.25) is 0 Å². The maximum Gasteiger partial charge on any atom is 0.324 e. The van der Waals surface area contributed by atoms with Crippen LogP contribution in [0.1, 0.15) is 11.1 Å². The summed E-state index contributed by atoms with van der Waals surface area (Å²) < 4.78 is 0. The summed E-state index contributed by atoms with van der Waals surface area (Å²) in [7, 11) is 0. The van der Waals surface area contributed by atoms with Gasteiger partial charge in [-0.1, -0.05) is 30.3 Å². The fraction of sp³-hybridized carbons (Fsp3) is 0.174. The number of hydrogen-bond donors (Lipinski definition) is 2. The minimum atomic E-state index is 0.0347. The molecular formula is C23H22N6O. The Morgan fingerprint density at radius 3 is 2.37 bits per heavy atom. The molecule has 0 atom stereocenters. The Labute approximate surface area is 174 Å². The molecule has 7 nitrogen and oxygen atoms in total. The molecule has 150 valence electrons. The van der Waals surface area contributed by atoms with Crippen LogP contribution in [0, 0.1) is 6.92 Å². The zero-order valence-corrected chi connectivity index (χ0v) is 16.7. The van der Waals surface area contributed by atoms with Crippen LogP contribution in [-0.4, -0.2) is 44.4 Å². The first kappa shape index (κ1) is 18.2. The predicted octanol–water partition coefficient (Wildman–Crippen LogP) is 4.22. The number of nitrogens with zero attached hydrogens (tertiary/aromatic N) is 4. The number of nitrogens with one attached hydrogen (secondary N) is 2. The summed E-state index contributed by atoms with van der Waals surface area (Å²) in [5, 5.41) is 13.8. The smallest absolute Gasteiger partial charge is 0.318 e. The number of carbonyl (C=O) groups excluding carboxylic acids is 1. The van der Waals surface area contributed by atoms with E-state index in [9.17, 15) is 4.79 Å². The third kappa shape index (κ3) is 3.24. The number of hydrogen-bond acceptors (Lipinski definition) is 3. The van der Waals surface area contributed by atoms with Crippen LogP contribution < -0.4 is 4.90 Å². The fourth-order valence-electron chi connectivity index (χ4n) is 4.05. The monoisotopic (exact) mass is 398 g/mol. The molecule has 1 saturated heterocycles. The van der Waals surface area contributed by atoms with Gasteiger partial charge in [-0.2, -0.15) is 10.2 Å². The topological polar surface area (TPSA) is 80.9 Å². The van der Waals surface area contributed by atoms with Crippen LogP contribution in [0.4, 0.5) is 10.5 Å². The molecule has 0 spiro atoms. The van der Waals surface area contributed by atoms with Gasteiger partial charge in [-0.25, -0.2) is 4.79 Å². The van der Waals surface area contributed by atoms with Gasteiger partial charge < -0.3 is 4.90 Å². The standard InChI is InChI=1S/C23H22N6O/c1-16-10-20(6-7-21(16)18-11-24-25-12-18)29-9-8-28(23(29)30)15-17-4-2-3-5-22(17)19-13-26-27-14-19/h2-7,10-14H,8-9,15H2,1H3,(H,24,25)(H,26,27). The minimum absolute atomic E-state index is 0.0347. The molecule has 1 aliphatic rings. The van der Waals surface area contributed by atoms with Gasteiger partial charge in [0.1, 0.15) is 0 Å². The van der Waals surface area contributed by atoms with E-state index in [0.29, 0.717) is 19.6 Å². The summed E-state index contributed by atoms with van der Waals surface area (Å²) in [4.78, 5) is 16.9. The average molecular weight is 398 g/mol. The van der Waals surface area contributed by atoms with Crippen molar-refractivity contribution in [2.45, 2.75) is 13.5 Å². The summed E-state index contributed by atoms with van der Waals surface area (Å²) in [6, 6.07) is 14.3. The van der Waals surface area contributed by atoms with Gasteiger partial charge in [0.2, 0.25) is 0 Å². The number of anilines is 1. The summed E-state index contributed by atoms with van der Waals surface area (Å²) in [5.74, 6) is 0. The van der Waals surface area contributed by atoms with Crippen molar-refractivity contribution in [1.82, 2.24) is 25.3 Å². The lowest BCUT2D eigenvalue weighted by Crippen LogP contribution is -2.31. The fourth-order valence-corrected chi connectivity index (χ4v) is 4.05. The highest BCUT2D eigenvalue weighted by molar-refractivity contribution is 5.94. The van der Waals surface area contributed by atoms with E-state index in [1.807, 2.05) is 46.6 Å². The van der Waals surface area contributed by atoms with E-state index in [-0.39, 0.29) is 6.03 Å². The molecular weight excluding hydrogens is 376 g/mol. The van der Waals surface area contributed by atoms with Gasteiger partial charge >= 0.3 is 6.03 Å². The average Bonchev–Trinajstić information content (AvgIpc) is 3.52. The van der Waals surface area contributed by atoms with Gasteiger partial charge in [0.05, 0.1) is 12.4 Å². The first-order valence-electron chi connectivity index (χ1n) is 9.94. The third-order valence-electron chi connectivity index (χ3n) is 5.61. The minimum Gasteiger partial charge on any atom is -0.318 e. The van der Waals surface area contributed by atoms with Crippen molar-refractivity contribution in [3.05, 3.63) is 78.4 Å². The summed E-state index contributed by atoms with van der Waals surface area (Å²) in [6.07, 6.45) is 7.37. The molecule has 2 aromatic carbocycles. The molecule has 30 heavy (non-hydrogen) atoms. The lowest BCUT2D eigenvalue weighted by molar-refractivity contribution is 0.219. The van der Waals surface area contributed by atoms with Crippen LogP contribution in [0.5, 0.6) is 0 Å². The molecule has 2 aromatic heterocycles. The van der Waals surface area contributed by atoms with Crippen molar-refractivity contribution < 1.29 is 4.79 Å². The van der Waals surface area contributed by atoms with E-state index in [0.717, 1.165) is 39.1 Å². The number of aryl methyl sites for hydroxylation is 1. The first-order valence-corrected chi connectivity index (χ1v) is 9.94. The number of amides is 2. The Bertz CT molecular complexity index is 1170. The molecule has 5 rings (SSSR count). The molecule has 1 aliphatic heterocycles. The zero-order valence-electron chi connectivity index (χ0n) is 16.7. The van der Waals surface area contributed by atoms with Crippen LogP contribution in [-0.2, 0) is 6.54 Å². The number of H-pyrrole nitrogens is 2. The molecule has 0 saturated carbocycles. The molecule has 3 heterocycles. The lowest BCUT2D eigenvalue weighted by Gasteiger charge is -2.20. The normalized spacial score (nSPS) is 14.0. The highest BCUT2D eigenvalue weighted by Crippen LogP contribution is 2.30. The van der Waals surface area contributed by atoms with Crippen LogP contribution in [0.25, 0.3) is 22.3 Å². The van der Waals surface area contributed by atoms with Gasteiger partial charge in [-0.15, -0.1) is 0 Å². The number of rotatable bonds is 5. The summed E-state index contributed by atoms with van der Waals surface area (Å²) in [6.45, 7) is 4.01. The Morgan fingerprint density at radius 1 is 0.933 bits per heavy atom. The number of aromatic nitrogens is 4. The van der Waals surface area contributed by atoms with Crippen LogP contribution >= 0.6 is 0 Å². The molecule has 2 N–H and O–H groups in total. The molecule has 4 aromatic rings.